The van der Waals surface area contributed by atoms with Crippen molar-refractivity contribution in [3.05, 3.63) is 0 Å². The molecule has 1 aliphatic heterocycles. The maximum Gasteiger partial charge on any atom is 0.218 e. The van der Waals surface area contributed by atoms with Gasteiger partial charge in [-0.2, -0.15) is 0 Å². The Hall–Kier alpha value is -0.120. The molecular formula is C7H15NO2. The number of rotatable bonds is 3. The van der Waals surface area contributed by atoms with Crippen LogP contribution in [-0.4, -0.2) is 38.1 Å². The highest BCUT2D eigenvalue weighted by molar-refractivity contribution is 4.52. The minimum absolute atomic E-state index is 0.0834. The first-order valence-corrected chi connectivity index (χ1v) is 3.78. The molecule has 0 radical (unpaired) electrons. The van der Waals surface area contributed by atoms with Gasteiger partial charge in [0.25, 0.3) is 0 Å². The van der Waals surface area contributed by atoms with Gasteiger partial charge in [0.2, 0.25) is 6.41 Å². The molecule has 0 unspecified atom stereocenters. The molecule has 0 N–H and O–H groups in total. The smallest absolute Gasteiger partial charge is 0.218 e. The van der Waals surface area contributed by atoms with Gasteiger partial charge in [0.1, 0.15) is 0 Å². The van der Waals surface area contributed by atoms with Gasteiger partial charge in [-0.15, -0.1) is 0 Å². The van der Waals surface area contributed by atoms with Crippen LogP contribution in [-0.2, 0) is 9.47 Å². The fourth-order valence-electron chi connectivity index (χ4n) is 1.06. The summed E-state index contributed by atoms with van der Waals surface area (Å²) in [5, 5.41) is 0. The first kappa shape index (κ1) is 7.98. The van der Waals surface area contributed by atoms with Gasteiger partial charge in [0.05, 0.1) is 13.2 Å². The summed E-state index contributed by atoms with van der Waals surface area (Å²) < 4.78 is 10.5. The topological polar surface area (TPSA) is 21.7 Å². The summed E-state index contributed by atoms with van der Waals surface area (Å²) >= 11 is 0. The number of hydrogen-bond acceptors (Lipinski definition) is 3. The molecule has 0 aromatic rings. The molecular weight excluding hydrogens is 130 g/mol. The molecule has 3 nitrogen and oxygen atoms in total. The van der Waals surface area contributed by atoms with Crippen molar-refractivity contribution in [3.63, 3.8) is 0 Å². The lowest BCUT2D eigenvalue weighted by Gasteiger charge is -2.20. The van der Waals surface area contributed by atoms with Crippen LogP contribution in [0.4, 0.5) is 0 Å². The zero-order valence-electron chi connectivity index (χ0n) is 6.67. The molecule has 10 heavy (non-hydrogen) atoms. The standard InChI is InChI=1S/C7H15NO2/c1-3-4-8(2)7-9-5-6-10-7/h7H,3-6H2,1-2H3. The second-order valence-corrected chi connectivity index (χ2v) is 2.53. The van der Waals surface area contributed by atoms with Gasteiger partial charge >= 0.3 is 0 Å². The number of ether oxygens (including phenoxy) is 2. The highest BCUT2D eigenvalue weighted by atomic mass is 16.7. The van der Waals surface area contributed by atoms with Crippen LogP contribution in [0.15, 0.2) is 0 Å². The van der Waals surface area contributed by atoms with Crippen LogP contribution in [0.1, 0.15) is 13.3 Å². The van der Waals surface area contributed by atoms with Crippen molar-refractivity contribution in [2.24, 2.45) is 0 Å². The Balaban J connectivity index is 2.18. The third-order valence-corrected chi connectivity index (χ3v) is 1.54. The largest absolute Gasteiger partial charge is 0.337 e. The molecule has 0 amide bonds. The van der Waals surface area contributed by atoms with E-state index < -0.39 is 0 Å². The van der Waals surface area contributed by atoms with Crippen molar-refractivity contribution < 1.29 is 9.47 Å². The summed E-state index contributed by atoms with van der Waals surface area (Å²) in [6, 6.07) is 0. The SMILES string of the molecule is CCCN(C)C1OCCO1. The molecule has 0 bridgehead atoms. The zero-order chi connectivity index (χ0) is 7.40. The summed E-state index contributed by atoms with van der Waals surface area (Å²) in [4.78, 5) is 2.08. The van der Waals surface area contributed by atoms with E-state index in [1.165, 1.54) is 0 Å². The maximum absolute atomic E-state index is 5.27. The molecule has 1 heterocycles. The van der Waals surface area contributed by atoms with E-state index in [9.17, 15) is 0 Å². The summed E-state index contributed by atoms with van der Waals surface area (Å²) in [5.74, 6) is 0. The second kappa shape index (κ2) is 3.91. The highest BCUT2D eigenvalue weighted by Crippen LogP contribution is 2.07. The highest BCUT2D eigenvalue weighted by Gasteiger charge is 2.19. The Bertz CT molecular complexity index is 91.6. The van der Waals surface area contributed by atoms with Crippen molar-refractivity contribution in [3.8, 4) is 0 Å². The van der Waals surface area contributed by atoms with Crippen LogP contribution in [0.3, 0.4) is 0 Å². The van der Waals surface area contributed by atoms with Crippen LogP contribution < -0.4 is 0 Å². The van der Waals surface area contributed by atoms with Crippen LogP contribution in [0, 0.1) is 0 Å². The third-order valence-electron chi connectivity index (χ3n) is 1.54. The fourth-order valence-corrected chi connectivity index (χ4v) is 1.06. The first-order chi connectivity index (χ1) is 4.84. The quantitative estimate of drug-likeness (QED) is 0.582. The van der Waals surface area contributed by atoms with Crippen molar-refractivity contribution in [1.82, 2.24) is 4.90 Å². The zero-order valence-corrected chi connectivity index (χ0v) is 6.67. The van der Waals surface area contributed by atoms with Gasteiger partial charge in [-0.25, -0.2) is 0 Å². The van der Waals surface area contributed by atoms with E-state index in [2.05, 4.69) is 11.8 Å². The Kier molecular flexibility index (Phi) is 3.12. The monoisotopic (exact) mass is 145 g/mol. The summed E-state index contributed by atoms with van der Waals surface area (Å²) in [6.07, 6.45) is 1.06. The van der Waals surface area contributed by atoms with Gasteiger partial charge < -0.3 is 9.47 Å². The van der Waals surface area contributed by atoms with Crippen molar-refractivity contribution in [2.75, 3.05) is 26.8 Å². The average Bonchev–Trinajstić information content (AvgIpc) is 2.38. The predicted molar refractivity (Wildman–Crippen MR) is 38.6 cm³/mol. The van der Waals surface area contributed by atoms with Crippen LogP contribution in [0.5, 0.6) is 0 Å². The average molecular weight is 145 g/mol. The molecule has 0 atom stereocenters. The molecule has 60 valence electrons. The Morgan fingerprint density at radius 1 is 1.40 bits per heavy atom. The Labute approximate surface area is 61.9 Å². The summed E-state index contributed by atoms with van der Waals surface area (Å²) in [5.41, 5.74) is 0. The van der Waals surface area contributed by atoms with E-state index in [0.717, 1.165) is 26.2 Å². The molecule has 0 aromatic carbocycles. The van der Waals surface area contributed by atoms with Crippen LogP contribution in [0.2, 0.25) is 0 Å². The van der Waals surface area contributed by atoms with Crippen molar-refractivity contribution in [2.45, 2.75) is 19.8 Å². The lowest BCUT2D eigenvalue weighted by molar-refractivity contribution is -0.142. The molecule has 1 fully saturated rings. The third kappa shape index (κ3) is 1.94. The molecule has 1 saturated heterocycles. The van der Waals surface area contributed by atoms with Gasteiger partial charge in [-0.1, -0.05) is 6.92 Å². The van der Waals surface area contributed by atoms with Gasteiger partial charge in [-0.05, 0) is 13.5 Å². The molecule has 0 aromatic heterocycles. The maximum atomic E-state index is 5.27. The normalized spacial score (nSPS) is 20.7. The lowest BCUT2D eigenvalue weighted by atomic mass is 10.4. The molecule has 1 rings (SSSR count). The van der Waals surface area contributed by atoms with Crippen LogP contribution >= 0.6 is 0 Å². The molecule has 3 heteroatoms. The molecule has 0 spiro atoms. The number of hydrogen-bond donors (Lipinski definition) is 0. The minimum atomic E-state index is -0.0834. The van der Waals surface area contributed by atoms with E-state index in [-0.39, 0.29) is 6.41 Å². The van der Waals surface area contributed by atoms with Crippen LogP contribution in [0.25, 0.3) is 0 Å². The van der Waals surface area contributed by atoms with Gasteiger partial charge in [0, 0.05) is 6.54 Å². The van der Waals surface area contributed by atoms with Crippen molar-refractivity contribution >= 4 is 0 Å². The van der Waals surface area contributed by atoms with Gasteiger partial charge in [-0.3, -0.25) is 4.90 Å². The molecule has 1 aliphatic rings. The van der Waals surface area contributed by atoms with E-state index in [4.69, 9.17) is 9.47 Å². The molecule has 0 saturated carbocycles. The fraction of sp³-hybridized carbons (Fsp3) is 1.00. The van der Waals surface area contributed by atoms with E-state index in [1.54, 1.807) is 0 Å². The minimum Gasteiger partial charge on any atom is -0.337 e. The van der Waals surface area contributed by atoms with E-state index in [1.807, 2.05) is 7.05 Å². The Morgan fingerprint density at radius 3 is 2.50 bits per heavy atom. The molecule has 0 aliphatic carbocycles. The lowest BCUT2D eigenvalue weighted by Crippen LogP contribution is -2.32. The predicted octanol–water partition coefficient (Wildman–Crippen LogP) is 0.659. The van der Waals surface area contributed by atoms with E-state index >= 15 is 0 Å². The van der Waals surface area contributed by atoms with E-state index in [0.29, 0.717) is 0 Å². The second-order valence-electron chi connectivity index (χ2n) is 2.53. The van der Waals surface area contributed by atoms with Crippen molar-refractivity contribution in [1.29, 1.82) is 0 Å². The summed E-state index contributed by atoms with van der Waals surface area (Å²) in [6.45, 7) is 4.65. The Morgan fingerprint density at radius 2 is 2.00 bits per heavy atom. The summed E-state index contributed by atoms with van der Waals surface area (Å²) in [7, 11) is 2.01. The van der Waals surface area contributed by atoms with Gasteiger partial charge in [0.15, 0.2) is 0 Å². The number of nitrogens with zero attached hydrogens (tertiary/aromatic N) is 1. The first-order valence-electron chi connectivity index (χ1n) is 3.78.